The first-order valence-electron chi connectivity index (χ1n) is 5.79. The Morgan fingerprint density at radius 2 is 1.83 bits per heavy atom. The van der Waals surface area contributed by atoms with Crippen molar-refractivity contribution in [2.24, 2.45) is 0 Å². The Kier molecular flexibility index (Phi) is 4.26. The van der Waals surface area contributed by atoms with Gasteiger partial charge in [-0.05, 0) is 35.7 Å². The van der Waals surface area contributed by atoms with Gasteiger partial charge in [-0.25, -0.2) is 4.39 Å². The minimum atomic E-state index is -1.01. The normalized spacial score (nSPS) is 12.3. The SMILES string of the molecule is Cc1ccccc1C[S@](=O)Cc1cccc(F)c1. The second kappa shape index (κ2) is 5.91. The van der Waals surface area contributed by atoms with Crippen LogP contribution in [0.2, 0.25) is 0 Å². The van der Waals surface area contributed by atoms with E-state index in [2.05, 4.69) is 0 Å². The van der Waals surface area contributed by atoms with Crippen LogP contribution in [-0.4, -0.2) is 4.21 Å². The van der Waals surface area contributed by atoms with Crippen LogP contribution >= 0.6 is 0 Å². The van der Waals surface area contributed by atoms with Crippen molar-refractivity contribution in [1.29, 1.82) is 0 Å². The molecule has 0 spiro atoms. The summed E-state index contributed by atoms with van der Waals surface area (Å²) in [6.45, 7) is 2.01. The lowest BCUT2D eigenvalue weighted by Gasteiger charge is -2.06. The summed E-state index contributed by atoms with van der Waals surface area (Å²) in [6, 6.07) is 14.2. The third-order valence-corrected chi connectivity index (χ3v) is 4.08. The molecule has 0 aliphatic heterocycles. The number of hydrogen-bond acceptors (Lipinski definition) is 1. The summed E-state index contributed by atoms with van der Waals surface area (Å²) in [5.74, 6) is 0.635. The molecule has 0 unspecified atom stereocenters. The van der Waals surface area contributed by atoms with Crippen LogP contribution in [0, 0.1) is 12.7 Å². The lowest BCUT2D eigenvalue weighted by Crippen LogP contribution is -2.01. The lowest BCUT2D eigenvalue weighted by molar-refractivity contribution is 0.626. The van der Waals surface area contributed by atoms with E-state index in [1.54, 1.807) is 12.1 Å². The number of aryl methyl sites for hydroxylation is 1. The van der Waals surface area contributed by atoms with Crippen LogP contribution in [0.1, 0.15) is 16.7 Å². The highest BCUT2D eigenvalue weighted by atomic mass is 32.2. The van der Waals surface area contributed by atoms with Crippen LogP contribution in [0.15, 0.2) is 48.5 Å². The van der Waals surface area contributed by atoms with Gasteiger partial charge in [0.15, 0.2) is 0 Å². The van der Waals surface area contributed by atoms with Gasteiger partial charge in [-0.1, -0.05) is 36.4 Å². The average molecular weight is 262 g/mol. The van der Waals surface area contributed by atoms with E-state index in [1.165, 1.54) is 12.1 Å². The van der Waals surface area contributed by atoms with Crippen molar-refractivity contribution in [2.45, 2.75) is 18.4 Å². The Morgan fingerprint density at radius 3 is 2.56 bits per heavy atom. The molecule has 0 aliphatic carbocycles. The molecule has 0 radical (unpaired) electrons. The van der Waals surface area contributed by atoms with Crippen molar-refractivity contribution in [2.75, 3.05) is 0 Å². The molecule has 18 heavy (non-hydrogen) atoms. The standard InChI is InChI=1S/C15H15FOS/c1-12-5-2-3-7-14(12)11-18(17)10-13-6-4-8-15(16)9-13/h2-9H,10-11H2,1H3/t18-/m1/s1. The molecule has 2 aromatic carbocycles. The van der Waals surface area contributed by atoms with E-state index in [4.69, 9.17) is 0 Å². The predicted octanol–water partition coefficient (Wildman–Crippen LogP) is 3.58. The van der Waals surface area contributed by atoms with E-state index in [9.17, 15) is 8.60 Å². The molecule has 0 saturated heterocycles. The van der Waals surface area contributed by atoms with Crippen LogP contribution in [0.4, 0.5) is 4.39 Å². The van der Waals surface area contributed by atoms with Gasteiger partial charge < -0.3 is 0 Å². The summed E-state index contributed by atoms with van der Waals surface area (Å²) in [4.78, 5) is 0. The van der Waals surface area contributed by atoms with Crippen LogP contribution in [0.3, 0.4) is 0 Å². The Balaban J connectivity index is 2.03. The molecule has 3 heteroatoms. The fourth-order valence-corrected chi connectivity index (χ4v) is 3.13. The van der Waals surface area contributed by atoms with E-state index >= 15 is 0 Å². The van der Waals surface area contributed by atoms with Crippen molar-refractivity contribution in [3.63, 3.8) is 0 Å². The van der Waals surface area contributed by atoms with Crippen molar-refractivity contribution >= 4 is 10.8 Å². The molecule has 0 aliphatic rings. The summed E-state index contributed by atoms with van der Waals surface area (Å²) in [7, 11) is -1.01. The van der Waals surface area contributed by atoms with Crippen molar-refractivity contribution in [3.05, 3.63) is 71.0 Å². The van der Waals surface area contributed by atoms with Crippen LogP contribution in [0.25, 0.3) is 0 Å². The predicted molar refractivity (Wildman–Crippen MR) is 73.1 cm³/mol. The minimum Gasteiger partial charge on any atom is -0.259 e. The molecule has 0 heterocycles. The van der Waals surface area contributed by atoms with Gasteiger partial charge in [0.25, 0.3) is 0 Å². The number of halogens is 1. The zero-order chi connectivity index (χ0) is 13.0. The van der Waals surface area contributed by atoms with E-state index in [-0.39, 0.29) is 5.82 Å². The fraction of sp³-hybridized carbons (Fsp3) is 0.200. The fourth-order valence-electron chi connectivity index (χ4n) is 1.81. The largest absolute Gasteiger partial charge is 0.259 e. The van der Waals surface area contributed by atoms with Crippen LogP contribution in [0.5, 0.6) is 0 Å². The van der Waals surface area contributed by atoms with Gasteiger partial charge in [0.1, 0.15) is 5.82 Å². The van der Waals surface area contributed by atoms with Crippen LogP contribution < -0.4 is 0 Å². The minimum absolute atomic E-state index is 0.277. The second-order valence-corrected chi connectivity index (χ2v) is 5.74. The van der Waals surface area contributed by atoms with Gasteiger partial charge in [0.05, 0.1) is 0 Å². The highest BCUT2D eigenvalue weighted by molar-refractivity contribution is 7.83. The first-order valence-corrected chi connectivity index (χ1v) is 7.28. The summed E-state index contributed by atoms with van der Waals surface area (Å²) >= 11 is 0. The highest BCUT2D eigenvalue weighted by Gasteiger charge is 2.06. The molecule has 0 bridgehead atoms. The van der Waals surface area contributed by atoms with Crippen molar-refractivity contribution in [3.8, 4) is 0 Å². The molecule has 0 amide bonds. The van der Waals surface area contributed by atoms with Gasteiger partial charge in [-0.2, -0.15) is 0 Å². The topological polar surface area (TPSA) is 17.1 Å². The first kappa shape index (κ1) is 13.0. The number of rotatable bonds is 4. The van der Waals surface area contributed by atoms with Gasteiger partial charge in [-0.3, -0.25) is 4.21 Å². The molecule has 0 N–H and O–H groups in total. The molecule has 0 saturated carbocycles. The number of benzene rings is 2. The maximum Gasteiger partial charge on any atom is 0.123 e. The first-order chi connectivity index (χ1) is 8.65. The molecule has 1 nitrogen and oxygen atoms in total. The molecular weight excluding hydrogens is 247 g/mol. The smallest absolute Gasteiger partial charge is 0.123 e. The van der Waals surface area contributed by atoms with Gasteiger partial charge in [0, 0.05) is 22.3 Å². The number of hydrogen-bond donors (Lipinski definition) is 0. The molecule has 0 fully saturated rings. The van der Waals surface area contributed by atoms with Gasteiger partial charge in [-0.15, -0.1) is 0 Å². The highest BCUT2D eigenvalue weighted by Crippen LogP contribution is 2.13. The van der Waals surface area contributed by atoms with Crippen molar-refractivity contribution in [1.82, 2.24) is 0 Å². The van der Waals surface area contributed by atoms with E-state index in [0.717, 1.165) is 16.7 Å². The van der Waals surface area contributed by atoms with Gasteiger partial charge >= 0.3 is 0 Å². The Bertz CT molecular complexity index is 566. The molecule has 0 aromatic heterocycles. The van der Waals surface area contributed by atoms with E-state index in [1.807, 2.05) is 31.2 Å². The lowest BCUT2D eigenvalue weighted by atomic mass is 10.1. The zero-order valence-electron chi connectivity index (χ0n) is 10.2. The van der Waals surface area contributed by atoms with Gasteiger partial charge in [0.2, 0.25) is 0 Å². The summed E-state index contributed by atoms with van der Waals surface area (Å²) in [6.07, 6.45) is 0. The molecule has 94 valence electrons. The summed E-state index contributed by atoms with van der Waals surface area (Å²) in [5, 5.41) is 0. The van der Waals surface area contributed by atoms with Crippen LogP contribution in [-0.2, 0) is 22.3 Å². The monoisotopic (exact) mass is 262 g/mol. The second-order valence-electron chi connectivity index (χ2n) is 4.28. The quantitative estimate of drug-likeness (QED) is 0.823. The van der Waals surface area contributed by atoms with Crippen molar-refractivity contribution < 1.29 is 8.60 Å². The van der Waals surface area contributed by atoms with E-state index < -0.39 is 10.8 Å². The van der Waals surface area contributed by atoms with E-state index in [0.29, 0.717) is 11.5 Å². The molecule has 1 atom stereocenters. The maximum absolute atomic E-state index is 13.0. The Labute approximate surface area is 109 Å². The summed E-state index contributed by atoms with van der Waals surface area (Å²) in [5.41, 5.74) is 3.01. The maximum atomic E-state index is 13.0. The Hall–Kier alpha value is -1.48. The third-order valence-electron chi connectivity index (χ3n) is 2.79. The summed E-state index contributed by atoms with van der Waals surface area (Å²) < 4.78 is 25.0. The molecular formula is C15H15FOS. The average Bonchev–Trinajstić information content (AvgIpc) is 2.32. The third kappa shape index (κ3) is 3.50. The Morgan fingerprint density at radius 1 is 1.06 bits per heavy atom. The molecule has 2 aromatic rings. The zero-order valence-corrected chi connectivity index (χ0v) is 11.0. The molecule has 2 rings (SSSR count).